The number of carbonyl (C=O) groups excluding carboxylic acids is 3. The number of amides is 3. The Kier molecular flexibility index (Phi) is 9.55. The van der Waals surface area contributed by atoms with Crippen LogP contribution in [0.2, 0.25) is 0 Å². The van der Waals surface area contributed by atoms with Crippen LogP contribution < -0.4 is 20.3 Å². The van der Waals surface area contributed by atoms with Gasteiger partial charge in [0.25, 0.3) is 5.91 Å². The van der Waals surface area contributed by atoms with Crippen LogP contribution in [-0.2, 0) is 28.6 Å². The van der Waals surface area contributed by atoms with Crippen molar-refractivity contribution in [1.29, 1.82) is 0 Å². The summed E-state index contributed by atoms with van der Waals surface area (Å²) in [6.45, 7) is 3.58. The van der Waals surface area contributed by atoms with Gasteiger partial charge in [-0.15, -0.1) is 13.2 Å². The van der Waals surface area contributed by atoms with Crippen molar-refractivity contribution in [3.63, 3.8) is 0 Å². The summed E-state index contributed by atoms with van der Waals surface area (Å²) in [5.74, 6) is -3.37. The molecule has 1 aliphatic heterocycles. The molecule has 3 aromatic carbocycles. The number of alkyl halides is 6. The number of benzene rings is 3. The van der Waals surface area contributed by atoms with Crippen molar-refractivity contribution in [2.24, 2.45) is 0 Å². The number of para-hydroxylation sites is 2. The maximum Gasteiger partial charge on any atom is 0.573 e. The summed E-state index contributed by atoms with van der Waals surface area (Å²) in [7, 11) is 0. The minimum absolute atomic E-state index is 0.155. The first kappa shape index (κ1) is 32.4. The highest BCUT2D eigenvalue weighted by Crippen LogP contribution is 2.33. The van der Waals surface area contributed by atoms with E-state index in [4.69, 9.17) is 0 Å². The van der Waals surface area contributed by atoms with Crippen molar-refractivity contribution < 1.29 is 45.5 Å². The number of hydrogen-bond donors (Lipinski definition) is 2. The topological polar surface area (TPSA) is 87.7 Å². The van der Waals surface area contributed by atoms with Gasteiger partial charge < -0.3 is 20.3 Å². The number of aryl methyl sites for hydroxylation is 1. The summed E-state index contributed by atoms with van der Waals surface area (Å²) < 4.78 is 84.3. The molecule has 0 aromatic heterocycles. The molecule has 13 heteroatoms. The van der Waals surface area contributed by atoms with Crippen LogP contribution in [0.3, 0.4) is 0 Å². The van der Waals surface area contributed by atoms with Crippen LogP contribution in [0, 0.1) is 0 Å². The van der Waals surface area contributed by atoms with Crippen molar-refractivity contribution >= 4 is 23.4 Å². The average molecular weight is 622 g/mol. The SMILES string of the molecule is CC(C)N1C(=O)[C@H](NC(=O)[C@@H](Cc2ccccc2OC(F)(F)F)NC(=O)c2ccccc2C(F)(F)F)CCc2ccccc21. The monoisotopic (exact) mass is 621 g/mol. The van der Waals surface area contributed by atoms with Crippen LogP contribution in [0.15, 0.2) is 72.8 Å². The molecule has 1 aliphatic rings. The van der Waals surface area contributed by atoms with E-state index in [9.17, 15) is 40.7 Å². The Labute approximate surface area is 249 Å². The summed E-state index contributed by atoms with van der Waals surface area (Å²) >= 11 is 0. The number of ether oxygens (including phenoxy) is 1. The van der Waals surface area contributed by atoms with E-state index < -0.39 is 65.6 Å². The maximum absolute atomic E-state index is 13.7. The van der Waals surface area contributed by atoms with Gasteiger partial charge >= 0.3 is 12.5 Å². The summed E-state index contributed by atoms with van der Waals surface area (Å²) in [6, 6.07) is 12.9. The Morgan fingerprint density at radius 1 is 0.932 bits per heavy atom. The van der Waals surface area contributed by atoms with E-state index in [0.717, 1.165) is 23.8 Å². The zero-order valence-electron chi connectivity index (χ0n) is 23.6. The second-order valence-electron chi connectivity index (χ2n) is 10.5. The normalized spacial score (nSPS) is 16.2. The van der Waals surface area contributed by atoms with Gasteiger partial charge in [0.05, 0.1) is 11.1 Å². The average Bonchev–Trinajstić information content (AvgIpc) is 3.08. The number of anilines is 1. The van der Waals surface area contributed by atoms with Gasteiger partial charge in [-0.05, 0) is 62.1 Å². The Morgan fingerprint density at radius 2 is 1.57 bits per heavy atom. The smallest absolute Gasteiger partial charge is 0.406 e. The lowest BCUT2D eigenvalue weighted by Gasteiger charge is -2.30. The summed E-state index contributed by atoms with van der Waals surface area (Å²) in [5, 5.41) is 4.83. The van der Waals surface area contributed by atoms with Crippen LogP contribution in [0.25, 0.3) is 0 Å². The predicted octanol–water partition coefficient (Wildman–Crippen LogP) is 5.82. The van der Waals surface area contributed by atoms with Gasteiger partial charge in [-0.2, -0.15) is 13.2 Å². The molecule has 0 unspecified atom stereocenters. The summed E-state index contributed by atoms with van der Waals surface area (Å²) in [5.41, 5.74) is -0.682. The Balaban J connectivity index is 1.67. The van der Waals surface area contributed by atoms with Crippen molar-refractivity contribution in [1.82, 2.24) is 10.6 Å². The molecule has 2 atom stereocenters. The van der Waals surface area contributed by atoms with Crippen LogP contribution in [0.4, 0.5) is 32.0 Å². The second-order valence-corrected chi connectivity index (χ2v) is 10.5. The molecule has 0 aliphatic carbocycles. The van der Waals surface area contributed by atoms with E-state index in [1.807, 2.05) is 12.1 Å². The molecule has 0 radical (unpaired) electrons. The Hall–Kier alpha value is -4.55. The number of hydrogen-bond acceptors (Lipinski definition) is 4. The molecule has 1 heterocycles. The third-order valence-corrected chi connectivity index (χ3v) is 7.04. The van der Waals surface area contributed by atoms with E-state index in [0.29, 0.717) is 18.2 Å². The standard InChI is InChI=1S/C31H29F6N3O4/c1-18(2)40-25-13-7-3-9-19(25)15-16-23(29(40)43)38-28(42)24(17-20-10-4-8-14-26(20)44-31(35,36)37)39-27(41)21-11-5-6-12-22(21)30(32,33)34/h3-14,18,23-24H,15-17H2,1-2H3,(H,38,42)(H,39,41)/t23-,24-/m1/s1. The van der Waals surface area contributed by atoms with E-state index in [-0.39, 0.29) is 18.0 Å². The van der Waals surface area contributed by atoms with E-state index in [1.165, 1.54) is 29.2 Å². The fraction of sp³-hybridized carbons (Fsp3) is 0.323. The fourth-order valence-corrected chi connectivity index (χ4v) is 5.10. The lowest BCUT2D eigenvalue weighted by atomic mass is 10.0. The van der Waals surface area contributed by atoms with E-state index in [1.54, 1.807) is 26.0 Å². The lowest BCUT2D eigenvalue weighted by molar-refractivity contribution is -0.274. The minimum atomic E-state index is -5.08. The molecule has 3 amide bonds. The molecule has 0 saturated carbocycles. The van der Waals surface area contributed by atoms with Gasteiger partial charge in [-0.3, -0.25) is 14.4 Å². The zero-order valence-corrected chi connectivity index (χ0v) is 23.6. The molecule has 0 saturated heterocycles. The summed E-state index contributed by atoms with van der Waals surface area (Å²) in [6.07, 6.45) is -10.0. The Morgan fingerprint density at radius 3 is 2.25 bits per heavy atom. The predicted molar refractivity (Wildman–Crippen MR) is 149 cm³/mol. The molecular formula is C31H29F6N3O4. The number of carbonyl (C=O) groups is 3. The first-order chi connectivity index (χ1) is 20.7. The second kappa shape index (κ2) is 13.0. The van der Waals surface area contributed by atoms with E-state index in [2.05, 4.69) is 15.4 Å². The number of rotatable bonds is 8. The molecule has 234 valence electrons. The zero-order chi connectivity index (χ0) is 32.2. The molecule has 0 spiro atoms. The molecular weight excluding hydrogens is 592 g/mol. The van der Waals surface area contributed by atoms with Crippen LogP contribution in [-0.4, -0.2) is 42.2 Å². The maximum atomic E-state index is 13.7. The third kappa shape index (κ3) is 7.69. The highest BCUT2D eigenvalue weighted by Gasteiger charge is 2.38. The van der Waals surface area contributed by atoms with Gasteiger partial charge in [0.1, 0.15) is 17.8 Å². The van der Waals surface area contributed by atoms with Crippen molar-refractivity contribution in [2.45, 2.75) is 63.8 Å². The molecule has 3 aromatic rings. The van der Waals surface area contributed by atoms with E-state index >= 15 is 0 Å². The number of fused-ring (bicyclic) bond motifs is 1. The molecule has 0 fully saturated rings. The van der Waals surface area contributed by atoms with Gasteiger partial charge in [0, 0.05) is 18.2 Å². The summed E-state index contributed by atoms with van der Waals surface area (Å²) in [4.78, 5) is 42.0. The minimum Gasteiger partial charge on any atom is -0.406 e. The van der Waals surface area contributed by atoms with Crippen LogP contribution >= 0.6 is 0 Å². The van der Waals surface area contributed by atoms with Gasteiger partial charge in [-0.1, -0.05) is 48.5 Å². The van der Waals surface area contributed by atoms with Crippen LogP contribution in [0.5, 0.6) is 5.75 Å². The quantitative estimate of drug-likeness (QED) is 0.311. The van der Waals surface area contributed by atoms with Crippen molar-refractivity contribution in [3.8, 4) is 5.75 Å². The van der Waals surface area contributed by atoms with Crippen molar-refractivity contribution in [2.75, 3.05) is 4.90 Å². The van der Waals surface area contributed by atoms with Gasteiger partial charge in [0.15, 0.2) is 0 Å². The largest absolute Gasteiger partial charge is 0.573 e. The number of nitrogens with zero attached hydrogens (tertiary/aromatic N) is 1. The molecule has 0 bridgehead atoms. The Bertz CT molecular complexity index is 1520. The first-order valence-corrected chi connectivity index (χ1v) is 13.7. The highest BCUT2D eigenvalue weighted by molar-refractivity contribution is 6.03. The third-order valence-electron chi connectivity index (χ3n) is 7.04. The van der Waals surface area contributed by atoms with Crippen molar-refractivity contribution in [3.05, 3.63) is 95.1 Å². The van der Waals surface area contributed by atoms with Gasteiger partial charge in [0.2, 0.25) is 11.8 Å². The molecule has 2 N–H and O–H groups in total. The number of nitrogens with one attached hydrogen (secondary N) is 2. The van der Waals surface area contributed by atoms with Gasteiger partial charge in [-0.25, -0.2) is 0 Å². The molecule has 4 rings (SSSR count). The van der Waals surface area contributed by atoms with Crippen LogP contribution in [0.1, 0.15) is 47.3 Å². The highest BCUT2D eigenvalue weighted by atomic mass is 19.4. The molecule has 7 nitrogen and oxygen atoms in total. The lowest BCUT2D eigenvalue weighted by Crippen LogP contribution is -2.55. The molecule has 44 heavy (non-hydrogen) atoms. The fourth-order valence-electron chi connectivity index (χ4n) is 5.10. The number of halogens is 6. The first-order valence-electron chi connectivity index (χ1n) is 13.7.